The van der Waals surface area contributed by atoms with Crippen LogP contribution in [0.2, 0.25) is 0 Å². The average molecular weight is 518 g/mol. The fraction of sp³-hybridized carbons (Fsp3) is 0.429. The molecule has 0 fully saturated rings. The molecular formula is C21H26O15. The second-order valence-corrected chi connectivity index (χ2v) is 6.60. The molecule has 200 valence electrons. The molecule has 0 bridgehead atoms. The van der Waals surface area contributed by atoms with Crippen molar-refractivity contribution in [2.75, 3.05) is 33.5 Å². The van der Waals surface area contributed by atoms with E-state index in [1.54, 1.807) is 0 Å². The monoisotopic (exact) mass is 518 g/mol. The van der Waals surface area contributed by atoms with Gasteiger partial charge in [0.25, 0.3) is 0 Å². The third kappa shape index (κ3) is 8.26. The first-order valence-corrected chi connectivity index (χ1v) is 10.2. The predicted octanol–water partition coefficient (Wildman–Crippen LogP) is -2.95. The number of rotatable bonds is 13. The summed E-state index contributed by atoms with van der Waals surface area (Å²) in [7, 11) is 0.988. The van der Waals surface area contributed by atoms with Crippen LogP contribution in [0.25, 0.3) is 6.08 Å². The first-order valence-electron chi connectivity index (χ1n) is 10.2. The zero-order valence-corrected chi connectivity index (χ0v) is 19.2. The van der Waals surface area contributed by atoms with E-state index in [0.29, 0.717) is 0 Å². The minimum absolute atomic E-state index is 0.0149. The lowest BCUT2D eigenvalue weighted by Crippen LogP contribution is -2.31. The lowest BCUT2D eigenvalue weighted by atomic mass is 10.1. The summed E-state index contributed by atoms with van der Waals surface area (Å²) >= 11 is 0. The van der Waals surface area contributed by atoms with Gasteiger partial charge in [0.15, 0.2) is 29.8 Å². The fourth-order valence-corrected chi connectivity index (χ4v) is 2.29. The Morgan fingerprint density at radius 2 is 1.28 bits per heavy atom. The maximum absolute atomic E-state index is 12.2. The van der Waals surface area contributed by atoms with Crippen molar-refractivity contribution in [1.82, 2.24) is 0 Å². The Kier molecular flexibility index (Phi) is 12.4. The maximum Gasteiger partial charge on any atom is 0.343 e. The molecule has 0 amide bonds. The smallest absolute Gasteiger partial charge is 0.343 e. The molecule has 0 saturated heterocycles. The number of esters is 4. The highest BCUT2D eigenvalue weighted by molar-refractivity contribution is 5.90. The van der Waals surface area contributed by atoms with Crippen molar-refractivity contribution in [3.63, 3.8) is 0 Å². The summed E-state index contributed by atoms with van der Waals surface area (Å²) in [5.74, 6) is -7.91. The molecule has 0 aliphatic heterocycles. The van der Waals surface area contributed by atoms with Gasteiger partial charge in [-0.3, -0.25) is 0 Å². The molecule has 0 radical (unpaired) electrons. The summed E-state index contributed by atoms with van der Waals surface area (Å²) < 4.78 is 24.8. The molecule has 6 N–H and O–H groups in total. The van der Waals surface area contributed by atoms with E-state index in [2.05, 4.69) is 0 Å². The quantitative estimate of drug-likeness (QED) is 0.0869. The SMILES string of the molecule is CCOC(=O)C=Cc1cc(OC(=O)C(O)CO)c(OC(=O)C(O)CO)c(OC)c1OC(=O)C(O)CO. The number of carbonyl (C=O) groups excluding carboxylic acids is 4. The molecule has 1 rings (SSSR count). The first-order chi connectivity index (χ1) is 17.0. The van der Waals surface area contributed by atoms with Gasteiger partial charge in [-0.2, -0.15) is 0 Å². The molecular weight excluding hydrogens is 492 g/mol. The van der Waals surface area contributed by atoms with Crippen molar-refractivity contribution in [3.8, 4) is 23.0 Å². The number of ether oxygens (including phenoxy) is 5. The van der Waals surface area contributed by atoms with E-state index in [1.807, 2.05) is 0 Å². The van der Waals surface area contributed by atoms with Gasteiger partial charge in [-0.1, -0.05) is 0 Å². The van der Waals surface area contributed by atoms with E-state index < -0.39 is 85.0 Å². The van der Waals surface area contributed by atoms with E-state index in [-0.39, 0.29) is 12.2 Å². The van der Waals surface area contributed by atoms with Crippen LogP contribution in [0, 0.1) is 0 Å². The molecule has 3 atom stereocenters. The molecule has 0 heterocycles. The van der Waals surface area contributed by atoms with Crippen LogP contribution in [0.15, 0.2) is 12.1 Å². The van der Waals surface area contributed by atoms with Gasteiger partial charge in [-0.15, -0.1) is 0 Å². The number of methoxy groups -OCH3 is 1. The van der Waals surface area contributed by atoms with E-state index in [1.165, 1.54) is 6.92 Å². The Hall–Kier alpha value is -3.60. The van der Waals surface area contributed by atoms with Crippen LogP contribution < -0.4 is 18.9 Å². The molecule has 3 unspecified atom stereocenters. The van der Waals surface area contributed by atoms with E-state index >= 15 is 0 Å². The first kappa shape index (κ1) is 30.4. The highest BCUT2D eigenvalue weighted by Gasteiger charge is 2.31. The second kappa shape index (κ2) is 14.7. The summed E-state index contributed by atoms with van der Waals surface area (Å²) in [4.78, 5) is 48.1. The largest absolute Gasteiger partial charge is 0.490 e. The Balaban J connectivity index is 3.84. The number of benzene rings is 1. The number of aliphatic hydroxyl groups is 6. The molecule has 15 heteroatoms. The predicted molar refractivity (Wildman–Crippen MR) is 115 cm³/mol. The third-order valence-electron chi connectivity index (χ3n) is 4.03. The minimum atomic E-state index is -2.06. The van der Waals surface area contributed by atoms with E-state index in [0.717, 1.165) is 25.3 Å². The van der Waals surface area contributed by atoms with E-state index in [9.17, 15) is 34.5 Å². The lowest BCUT2D eigenvalue weighted by molar-refractivity contribution is -0.148. The highest BCUT2D eigenvalue weighted by atomic mass is 16.6. The van der Waals surface area contributed by atoms with Gasteiger partial charge in [0.2, 0.25) is 11.5 Å². The van der Waals surface area contributed by atoms with Crippen molar-refractivity contribution in [3.05, 3.63) is 17.7 Å². The summed E-state index contributed by atoms with van der Waals surface area (Å²) in [6.07, 6.45) is -4.24. The van der Waals surface area contributed by atoms with Gasteiger partial charge < -0.3 is 54.3 Å². The van der Waals surface area contributed by atoms with Crippen molar-refractivity contribution in [1.29, 1.82) is 0 Å². The Morgan fingerprint density at radius 1 is 0.806 bits per heavy atom. The van der Waals surface area contributed by atoms with Crippen molar-refractivity contribution < 1.29 is 73.5 Å². The average Bonchev–Trinajstić information content (AvgIpc) is 2.87. The van der Waals surface area contributed by atoms with Gasteiger partial charge in [-0.05, 0) is 19.1 Å². The Bertz CT molecular complexity index is 971. The van der Waals surface area contributed by atoms with Gasteiger partial charge in [0.1, 0.15) is 0 Å². The van der Waals surface area contributed by atoms with Crippen LogP contribution in [0.5, 0.6) is 23.0 Å². The van der Waals surface area contributed by atoms with Crippen LogP contribution >= 0.6 is 0 Å². The summed E-state index contributed by atoms with van der Waals surface area (Å²) in [6.45, 7) is -1.59. The van der Waals surface area contributed by atoms with Gasteiger partial charge in [0, 0.05) is 11.6 Å². The van der Waals surface area contributed by atoms with Crippen LogP contribution in [-0.4, -0.2) is 106 Å². The maximum atomic E-state index is 12.2. The van der Waals surface area contributed by atoms with Crippen LogP contribution in [0.4, 0.5) is 0 Å². The molecule has 0 saturated carbocycles. The zero-order valence-electron chi connectivity index (χ0n) is 19.2. The van der Waals surface area contributed by atoms with Crippen LogP contribution in [-0.2, 0) is 23.9 Å². The summed E-state index contributed by atoms with van der Waals surface area (Å²) in [5, 5.41) is 55.7. The standard InChI is InChI=1S/C21H26O15/c1-3-33-15(28)5-4-10-6-14(34-19(29)11(25)7-22)17(36-21(31)13(27)9-24)18(32-2)16(10)35-20(30)12(26)8-23/h4-6,11-13,22-27H,3,7-9H2,1-2H3. The normalized spacial score (nSPS) is 13.4. The van der Waals surface area contributed by atoms with Crippen molar-refractivity contribution in [2.45, 2.75) is 25.2 Å². The third-order valence-corrected chi connectivity index (χ3v) is 4.03. The van der Waals surface area contributed by atoms with Gasteiger partial charge >= 0.3 is 23.9 Å². The van der Waals surface area contributed by atoms with Crippen LogP contribution in [0.1, 0.15) is 12.5 Å². The molecule has 0 spiro atoms. The van der Waals surface area contributed by atoms with Gasteiger partial charge in [0.05, 0.1) is 33.5 Å². The zero-order chi connectivity index (χ0) is 27.4. The van der Waals surface area contributed by atoms with Gasteiger partial charge in [-0.25, -0.2) is 19.2 Å². The topological polar surface area (TPSA) is 236 Å². The summed E-state index contributed by atoms with van der Waals surface area (Å²) in [5.41, 5.74) is -0.262. The Labute approximate surface area is 203 Å². The van der Waals surface area contributed by atoms with E-state index in [4.69, 9.17) is 39.0 Å². The Morgan fingerprint density at radius 3 is 1.72 bits per heavy atom. The molecule has 0 aliphatic rings. The highest BCUT2D eigenvalue weighted by Crippen LogP contribution is 2.48. The second-order valence-electron chi connectivity index (χ2n) is 6.60. The molecule has 1 aromatic carbocycles. The molecule has 0 aliphatic carbocycles. The number of hydrogen-bond donors (Lipinski definition) is 6. The summed E-state index contributed by atoms with van der Waals surface area (Å²) in [6, 6.07) is 0.877. The fourth-order valence-electron chi connectivity index (χ4n) is 2.29. The number of carbonyl (C=O) groups is 4. The number of hydrogen-bond acceptors (Lipinski definition) is 15. The number of aliphatic hydroxyl groups excluding tert-OH is 6. The molecule has 1 aromatic rings. The van der Waals surface area contributed by atoms with Crippen molar-refractivity contribution in [2.24, 2.45) is 0 Å². The molecule has 0 aromatic heterocycles. The molecule has 15 nitrogen and oxygen atoms in total. The van der Waals surface area contributed by atoms with Crippen LogP contribution in [0.3, 0.4) is 0 Å². The van der Waals surface area contributed by atoms with Crippen molar-refractivity contribution >= 4 is 30.0 Å². The lowest BCUT2D eigenvalue weighted by Gasteiger charge is -2.20. The minimum Gasteiger partial charge on any atom is -0.490 e. The molecule has 36 heavy (non-hydrogen) atoms.